The summed E-state index contributed by atoms with van der Waals surface area (Å²) in [6.07, 6.45) is 2.09. The number of aliphatic hydroxyl groups excluding tert-OH is 2. The fourth-order valence-corrected chi connectivity index (χ4v) is 4.30. The lowest BCUT2D eigenvalue weighted by Gasteiger charge is -2.33. The second-order valence-corrected chi connectivity index (χ2v) is 7.98. The Hall–Kier alpha value is -1.66. The van der Waals surface area contributed by atoms with Crippen molar-refractivity contribution in [2.24, 2.45) is 0 Å². The first-order chi connectivity index (χ1) is 13.6. The summed E-state index contributed by atoms with van der Waals surface area (Å²) < 4.78 is 24.0. The molecule has 28 heavy (non-hydrogen) atoms. The van der Waals surface area contributed by atoms with Crippen LogP contribution in [-0.4, -0.2) is 35.9 Å². The van der Waals surface area contributed by atoms with Crippen LogP contribution in [-0.2, 0) is 24.0 Å². The van der Waals surface area contributed by atoms with E-state index in [9.17, 15) is 14.6 Å². The molecule has 0 amide bonds. The van der Waals surface area contributed by atoms with Gasteiger partial charge in [-0.3, -0.25) is 0 Å². The van der Waals surface area contributed by atoms with Crippen molar-refractivity contribution in [2.45, 2.75) is 50.4 Å². The quantitative estimate of drug-likeness (QED) is 0.763. The minimum Gasteiger partial charge on any atom is -0.462 e. The van der Waals surface area contributed by atoms with Crippen LogP contribution in [0.1, 0.15) is 46.8 Å². The second kappa shape index (κ2) is 8.37. The zero-order valence-electron chi connectivity index (χ0n) is 15.5. The first kappa shape index (κ1) is 19.6. The first-order valence-corrected chi connectivity index (χ1v) is 10.0. The molecular weight excluding hydrogens is 383 g/mol. The summed E-state index contributed by atoms with van der Waals surface area (Å²) in [6, 6.07) is 9.98. The molecule has 2 aromatic rings. The van der Waals surface area contributed by atoms with Gasteiger partial charge in [-0.1, -0.05) is 29.8 Å². The van der Waals surface area contributed by atoms with Crippen LogP contribution >= 0.6 is 11.6 Å². The minimum absolute atomic E-state index is 0.178. The molecule has 0 saturated carbocycles. The Balaban J connectivity index is 1.65. The second-order valence-electron chi connectivity index (χ2n) is 7.57. The Morgan fingerprint density at radius 1 is 1.14 bits per heavy atom. The van der Waals surface area contributed by atoms with Gasteiger partial charge in [0.05, 0.1) is 24.9 Å². The number of alkyl halides is 1. The molecule has 0 spiro atoms. The molecule has 0 radical (unpaired) electrons. The van der Waals surface area contributed by atoms with Crippen molar-refractivity contribution in [1.29, 1.82) is 0 Å². The van der Waals surface area contributed by atoms with Gasteiger partial charge in [-0.05, 0) is 53.6 Å². The molecule has 2 aromatic carbocycles. The Labute approximate surface area is 168 Å². The molecule has 0 aromatic heterocycles. The Morgan fingerprint density at radius 2 is 1.96 bits per heavy atom. The Morgan fingerprint density at radius 3 is 2.64 bits per heavy atom. The third-order valence-electron chi connectivity index (χ3n) is 5.65. The van der Waals surface area contributed by atoms with Crippen LogP contribution in [0.15, 0.2) is 30.3 Å². The zero-order chi connectivity index (χ0) is 19.7. The summed E-state index contributed by atoms with van der Waals surface area (Å²) in [5.41, 5.74) is 5.51. The van der Waals surface area contributed by atoms with Gasteiger partial charge in [0.2, 0.25) is 6.86 Å². The topological polar surface area (TPSA) is 58.9 Å². The molecule has 4 rings (SSSR count). The van der Waals surface area contributed by atoms with Gasteiger partial charge in [0.1, 0.15) is 5.75 Å². The van der Waals surface area contributed by atoms with Gasteiger partial charge in [-0.25, -0.2) is 4.39 Å². The van der Waals surface area contributed by atoms with Crippen LogP contribution < -0.4 is 4.74 Å². The molecule has 1 aliphatic carbocycles. The lowest BCUT2D eigenvalue weighted by Crippen LogP contribution is -2.33. The van der Waals surface area contributed by atoms with E-state index in [4.69, 9.17) is 21.1 Å². The molecule has 3 atom stereocenters. The predicted molar refractivity (Wildman–Crippen MR) is 105 cm³/mol. The lowest BCUT2D eigenvalue weighted by molar-refractivity contribution is -0.114. The molecule has 150 valence electrons. The van der Waals surface area contributed by atoms with Crippen LogP contribution in [0.3, 0.4) is 0 Å². The van der Waals surface area contributed by atoms with Crippen LogP contribution in [0.5, 0.6) is 5.75 Å². The molecular formula is C22H24ClFO4. The average Bonchev–Trinajstić information content (AvgIpc) is 2.65. The molecule has 2 N–H and O–H groups in total. The Bertz CT molecular complexity index is 857. The summed E-state index contributed by atoms with van der Waals surface area (Å²) in [5, 5.41) is 20.1. The molecule has 0 bridgehead atoms. The van der Waals surface area contributed by atoms with Gasteiger partial charge < -0.3 is 19.7 Å². The number of rotatable bonds is 6. The highest BCUT2D eigenvalue weighted by atomic mass is 35.5. The third-order valence-corrected chi connectivity index (χ3v) is 6.00. The number of ether oxygens (including phenoxy) is 2. The van der Waals surface area contributed by atoms with E-state index in [2.05, 4.69) is 18.2 Å². The van der Waals surface area contributed by atoms with Gasteiger partial charge in [0.15, 0.2) is 0 Å². The first-order valence-electron chi connectivity index (χ1n) is 9.63. The van der Waals surface area contributed by atoms with E-state index in [0.29, 0.717) is 35.6 Å². The van der Waals surface area contributed by atoms with Crippen molar-refractivity contribution >= 4 is 11.6 Å². The molecule has 1 fully saturated rings. The highest BCUT2D eigenvalue weighted by molar-refractivity contribution is 6.31. The lowest BCUT2D eigenvalue weighted by atomic mass is 9.86. The largest absolute Gasteiger partial charge is 0.462 e. The maximum Gasteiger partial charge on any atom is 0.228 e. The highest BCUT2D eigenvalue weighted by Crippen LogP contribution is 2.39. The third kappa shape index (κ3) is 4.03. The van der Waals surface area contributed by atoms with E-state index in [0.717, 1.165) is 18.4 Å². The number of aliphatic hydroxyl groups is 2. The van der Waals surface area contributed by atoms with E-state index in [1.807, 2.05) is 6.07 Å². The normalized spacial score (nSPS) is 23.8. The minimum atomic E-state index is -0.980. The molecule has 1 heterocycles. The number of hydrogen-bond acceptors (Lipinski definition) is 4. The number of benzene rings is 2. The number of halogens is 2. The van der Waals surface area contributed by atoms with Crippen LogP contribution in [0.25, 0.3) is 0 Å². The summed E-state index contributed by atoms with van der Waals surface area (Å²) in [6.45, 7) is -1.16. The average molecular weight is 407 g/mol. The maximum atomic E-state index is 12.9. The number of aryl methyl sites for hydroxylation is 2. The van der Waals surface area contributed by atoms with Gasteiger partial charge in [-0.2, -0.15) is 0 Å². The highest BCUT2D eigenvalue weighted by Gasteiger charge is 2.31. The van der Waals surface area contributed by atoms with Crippen LogP contribution in [0.2, 0.25) is 5.02 Å². The molecule has 3 unspecified atom stereocenters. The number of hydrogen-bond donors (Lipinski definition) is 2. The van der Waals surface area contributed by atoms with E-state index >= 15 is 0 Å². The summed E-state index contributed by atoms with van der Waals surface area (Å²) >= 11 is 6.46. The van der Waals surface area contributed by atoms with Crippen molar-refractivity contribution in [3.8, 4) is 5.75 Å². The monoisotopic (exact) mass is 406 g/mol. The summed E-state index contributed by atoms with van der Waals surface area (Å²) in [5.74, 6) is 0.309. The molecule has 2 aliphatic rings. The summed E-state index contributed by atoms with van der Waals surface area (Å²) in [7, 11) is 0. The van der Waals surface area contributed by atoms with Crippen molar-refractivity contribution in [3.05, 3.63) is 63.2 Å². The van der Waals surface area contributed by atoms with Crippen molar-refractivity contribution in [2.75, 3.05) is 13.5 Å². The maximum absolute atomic E-state index is 12.9. The van der Waals surface area contributed by atoms with Gasteiger partial charge in [0.25, 0.3) is 0 Å². The number of fused-ring (bicyclic) bond motifs is 1. The van der Waals surface area contributed by atoms with Crippen molar-refractivity contribution in [1.82, 2.24) is 0 Å². The van der Waals surface area contributed by atoms with E-state index in [1.54, 1.807) is 6.07 Å². The SMILES string of the molecule is OCC1CC(O)CC(c2cc(Cc3ccc4c(c3)CC4)c(Cl)cc2OCF)O1. The molecule has 1 saturated heterocycles. The van der Waals surface area contributed by atoms with Gasteiger partial charge in [0, 0.05) is 23.4 Å². The van der Waals surface area contributed by atoms with Crippen LogP contribution in [0.4, 0.5) is 4.39 Å². The molecule has 1 aliphatic heterocycles. The predicted octanol–water partition coefficient (Wildman–Crippen LogP) is 3.91. The van der Waals surface area contributed by atoms with Crippen molar-refractivity contribution < 1.29 is 24.1 Å². The van der Waals surface area contributed by atoms with Crippen LogP contribution in [0, 0.1) is 0 Å². The molecule has 6 heteroatoms. The van der Waals surface area contributed by atoms with Gasteiger partial charge >= 0.3 is 0 Å². The molecule has 4 nitrogen and oxygen atoms in total. The van der Waals surface area contributed by atoms with E-state index in [-0.39, 0.29) is 6.61 Å². The van der Waals surface area contributed by atoms with E-state index in [1.165, 1.54) is 16.7 Å². The van der Waals surface area contributed by atoms with E-state index < -0.39 is 25.2 Å². The van der Waals surface area contributed by atoms with Gasteiger partial charge in [-0.15, -0.1) is 0 Å². The standard InChI is InChI=1S/C22H24ClFO4/c23-20-10-21(27-12-24)19(22-9-17(26)8-18(11-25)28-22)7-16(20)6-13-1-2-14-3-4-15(14)5-13/h1-2,5,7,10,17-18,22,25-26H,3-4,6,8-9,11-12H2. The summed E-state index contributed by atoms with van der Waals surface area (Å²) in [4.78, 5) is 0. The Kier molecular flexibility index (Phi) is 5.88. The van der Waals surface area contributed by atoms with Crippen molar-refractivity contribution in [3.63, 3.8) is 0 Å². The fraction of sp³-hybridized carbons (Fsp3) is 0.455. The smallest absolute Gasteiger partial charge is 0.228 e. The fourth-order valence-electron chi connectivity index (χ4n) is 4.08. The zero-order valence-corrected chi connectivity index (χ0v) is 16.3.